The van der Waals surface area contributed by atoms with Gasteiger partial charge in [-0.2, -0.15) is 0 Å². The summed E-state index contributed by atoms with van der Waals surface area (Å²) >= 11 is 0. The number of hydrogen-bond acceptors (Lipinski definition) is 6. The van der Waals surface area contributed by atoms with Crippen molar-refractivity contribution in [2.24, 2.45) is 0 Å². The monoisotopic (exact) mass is 296 g/mol. The first-order chi connectivity index (χ1) is 10.0. The van der Waals surface area contributed by atoms with Crippen molar-refractivity contribution in [1.82, 2.24) is 15.2 Å². The molecule has 21 heavy (non-hydrogen) atoms. The second-order valence-electron chi connectivity index (χ2n) is 4.50. The maximum atomic E-state index is 12.4. The second kappa shape index (κ2) is 6.35. The van der Waals surface area contributed by atoms with Crippen LogP contribution in [-0.4, -0.2) is 59.0 Å². The van der Waals surface area contributed by atoms with Gasteiger partial charge in [-0.1, -0.05) is 0 Å². The maximum Gasteiger partial charge on any atom is 0.330 e. The summed E-state index contributed by atoms with van der Waals surface area (Å²) < 4.78 is 4.95. The van der Waals surface area contributed by atoms with Crippen molar-refractivity contribution >= 4 is 17.6 Å². The lowest BCUT2D eigenvalue weighted by Crippen LogP contribution is -2.57. The Hall–Kier alpha value is -2.42. The summed E-state index contributed by atoms with van der Waals surface area (Å²) in [6, 6.07) is 0.431. The standard InChI is InChI=1S/C12H16N4O5/c1-2-21-12(18)10-7-13-3-4-15(10)11(17)9-5-8(6-14-9)16(19)20/h5-6,10,13-14H,2-4,7H2,1H3. The molecule has 2 rings (SSSR count). The maximum absolute atomic E-state index is 12.4. The van der Waals surface area contributed by atoms with Crippen LogP contribution >= 0.6 is 0 Å². The van der Waals surface area contributed by atoms with Crippen molar-refractivity contribution in [2.45, 2.75) is 13.0 Å². The number of rotatable bonds is 4. The number of H-pyrrole nitrogens is 1. The Balaban J connectivity index is 2.17. The number of ether oxygens (including phenoxy) is 1. The topological polar surface area (TPSA) is 118 Å². The Morgan fingerprint density at radius 2 is 2.33 bits per heavy atom. The molecule has 1 aromatic heterocycles. The van der Waals surface area contributed by atoms with Crippen LogP contribution < -0.4 is 5.32 Å². The molecular weight excluding hydrogens is 280 g/mol. The van der Waals surface area contributed by atoms with E-state index in [-0.39, 0.29) is 18.0 Å². The highest BCUT2D eigenvalue weighted by atomic mass is 16.6. The van der Waals surface area contributed by atoms with Gasteiger partial charge in [0.25, 0.3) is 11.6 Å². The van der Waals surface area contributed by atoms with Crippen LogP contribution in [0.4, 0.5) is 5.69 Å². The Morgan fingerprint density at radius 1 is 1.57 bits per heavy atom. The number of nitro groups is 1. The summed E-state index contributed by atoms with van der Waals surface area (Å²) in [6.45, 7) is 3.09. The SMILES string of the molecule is CCOC(=O)C1CNCCN1C(=O)c1cc([N+](=O)[O-])c[nH]1. The van der Waals surface area contributed by atoms with E-state index in [9.17, 15) is 19.7 Å². The molecule has 2 N–H and O–H groups in total. The van der Waals surface area contributed by atoms with Gasteiger partial charge >= 0.3 is 5.97 Å². The highest BCUT2D eigenvalue weighted by molar-refractivity contribution is 5.96. The van der Waals surface area contributed by atoms with Crippen LogP contribution in [0.15, 0.2) is 12.3 Å². The molecule has 2 heterocycles. The fraction of sp³-hybridized carbons (Fsp3) is 0.500. The normalized spacial score (nSPS) is 18.3. The van der Waals surface area contributed by atoms with Crippen LogP contribution in [0.2, 0.25) is 0 Å². The fourth-order valence-corrected chi connectivity index (χ4v) is 2.16. The van der Waals surface area contributed by atoms with Crippen LogP contribution in [0.3, 0.4) is 0 Å². The third-order valence-corrected chi connectivity index (χ3v) is 3.17. The van der Waals surface area contributed by atoms with Gasteiger partial charge in [0.1, 0.15) is 11.7 Å². The number of aromatic nitrogens is 1. The zero-order chi connectivity index (χ0) is 15.4. The van der Waals surface area contributed by atoms with Gasteiger partial charge in [-0.15, -0.1) is 0 Å². The first-order valence-electron chi connectivity index (χ1n) is 6.55. The molecule has 0 radical (unpaired) electrons. The predicted octanol–water partition coefficient (Wildman–Crippen LogP) is -0.1000. The molecule has 1 unspecified atom stereocenters. The molecule has 1 aliphatic rings. The molecule has 1 aliphatic heterocycles. The van der Waals surface area contributed by atoms with E-state index in [0.717, 1.165) is 12.3 Å². The first-order valence-corrected chi connectivity index (χ1v) is 6.55. The molecule has 0 spiro atoms. The molecular formula is C12H16N4O5. The second-order valence-corrected chi connectivity index (χ2v) is 4.50. The molecule has 114 valence electrons. The van der Waals surface area contributed by atoms with E-state index < -0.39 is 22.8 Å². The number of esters is 1. The quantitative estimate of drug-likeness (QED) is 0.455. The fourth-order valence-electron chi connectivity index (χ4n) is 2.16. The van der Waals surface area contributed by atoms with Crippen molar-refractivity contribution in [1.29, 1.82) is 0 Å². The molecule has 9 heteroatoms. The van der Waals surface area contributed by atoms with Gasteiger partial charge in [0, 0.05) is 25.7 Å². The smallest absolute Gasteiger partial charge is 0.330 e. The molecule has 1 aromatic rings. The minimum Gasteiger partial charge on any atom is -0.464 e. The van der Waals surface area contributed by atoms with Crippen LogP contribution in [0.1, 0.15) is 17.4 Å². The summed E-state index contributed by atoms with van der Waals surface area (Å²) in [7, 11) is 0. The highest BCUT2D eigenvalue weighted by Gasteiger charge is 2.34. The minimum absolute atomic E-state index is 0.0814. The molecule has 9 nitrogen and oxygen atoms in total. The van der Waals surface area contributed by atoms with E-state index in [0.29, 0.717) is 19.6 Å². The van der Waals surface area contributed by atoms with Gasteiger partial charge in [-0.3, -0.25) is 14.9 Å². The average Bonchev–Trinajstić information content (AvgIpc) is 2.97. The van der Waals surface area contributed by atoms with Crippen molar-refractivity contribution in [3.63, 3.8) is 0 Å². The van der Waals surface area contributed by atoms with Gasteiger partial charge < -0.3 is 19.9 Å². The van der Waals surface area contributed by atoms with Crippen LogP contribution in [0.5, 0.6) is 0 Å². The van der Waals surface area contributed by atoms with Gasteiger partial charge in [0.15, 0.2) is 0 Å². The number of piperazine rings is 1. The van der Waals surface area contributed by atoms with E-state index in [1.54, 1.807) is 6.92 Å². The average molecular weight is 296 g/mol. The summed E-state index contributed by atoms with van der Waals surface area (Å²) in [5, 5.41) is 13.7. The largest absolute Gasteiger partial charge is 0.464 e. The van der Waals surface area contributed by atoms with Crippen LogP contribution in [0, 0.1) is 10.1 Å². The van der Waals surface area contributed by atoms with Crippen molar-refractivity contribution in [3.05, 3.63) is 28.1 Å². The van der Waals surface area contributed by atoms with Gasteiger partial charge in [-0.25, -0.2) is 4.79 Å². The van der Waals surface area contributed by atoms with Gasteiger partial charge in [0.05, 0.1) is 17.7 Å². The summed E-state index contributed by atoms with van der Waals surface area (Å²) in [4.78, 5) is 38.3. The minimum atomic E-state index is -0.728. The van der Waals surface area contributed by atoms with E-state index in [2.05, 4.69) is 10.3 Å². The third-order valence-electron chi connectivity index (χ3n) is 3.17. The van der Waals surface area contributed by atoms with Gasteiger partial charge in [-0.05, 0) is 6.92 Å². The molecule has 1 fully saturated rings. The van der Waals surface area contributed by atoms with Gasteiger partial charge in [0.2, 0.25) is 0 Å². The zero-order valence-corrected chi connectivity index (χ0v) is 11.5. The number of amides is 1. The number of nitrogens with zero attached hydrogens (tertiary/aromatic N) is 2. The number of nitrogens with one attached hydrogen (secondary N) is 2. The molecule has 1 atom stereocenters. The number of hydrogen-bond donors (Lipinski definition) is 2. The highest BCUT2D eigenvalue weighted by Crippen LogP contribution is 2.16. The Bertz CT molecular complexity index is 556. The number of aromatic amines is 1. The molecule has 0 bridgehead atoms. The predicted molar refractivity (Wildman–Crippen MR) is 71.8 cm³/mol. The lowest BCUT2D eigenvalue weighted by Gasteiger charge is -2.34. The van der Waals surface area contributed by atoms with E-state index in [1.165, 1.54) is 4.90 Å². The van der Waals surface area contributed by atoms with E-state index >= 15 is 0 Å². The van der Waals surface area contributed by atoms with E-state index in [4.69, 9.17) is 4.74 Å². The summed E-state index contributed by atoms with van der Waals surface area (Å²) in [5.41, 5.74) is -0.112. The van der Waals surface area contributed by atoms with Crippen LogP contribution in [-0.2, 0) is 9.53 Å². The zero-order valence-electron chi connectivity index (χ0n) is 11.5. The molecule has 1 amide bonds. The third kappa shape index (κ3) is 3.19. The number of carbonyl (C=O) groups is 2. The molecule has 0 aliphatic carbocycles. The summed E-state index contributed by atoms with van der Waals surface area (Å²) in [6.07, 6.45) is 1.15. The lowest BCUT2D eigenvalue weighted by molar-refractivity contribution is -0.384. The van der Waals surface area contributed by atoms with Crippen molar-refractivity contribution in [2.75, 3.05) is 26.2 Å². The Labute approximate surface area is 120 Å². The first kappa shape index (κ1) is 15.0. The Morgan fingerprint density at radius 3 is 2.95 bits per heavy atom. The van der Waals surface area contributed by atoms with Crippen LogP contribution in [0.25, 0.3) is 0 Å². The molecule has 0 aromatic carbocycles. The molecule has 1 saturated heterocycles. The Kier molecular flexibility index (Phi) is 4.53. The molecule has 0 saturated carbocycles. The number of carbonyl (C=O) groups excluding carboxylic acids is 2. The van der Waals surface area contributed by atoms with E-state index in [1.807, 2.05) is 0 Å². The van der Waals surface area contributed by atoms with Crippen molar-refractivity contribution in [3.8, 4) is 0 Å². The summed E-state index contributed by atoms with van der Waals surface area (Å²) in [5.74, 6) is -0.943. The lowest BCUT2D eigenvalue weighted by atomic mass is 10.1. The van der Waals surface area contributed by atoms with Crippen molar-refractivity contribution < 1.29 is 19.2 Å².